The molecule has 1 aromatic carbocycles. The molecule has 6 heteroatoms. The average Bonchev–Trinajstić information content (AvgIpc) is 2.97. The van der Waals surface area contributed by atoms with Crippen LogP contribution in [0.25, 0.3) is 10.7 Å². The monoisotopic (exact) mass is 357 g/mol. The van der Waals surface area contributed by atoms with Crippen molar-refractivity contribution in [3.05, 3.63) is 69.8 Å². The molecule has 0 fully saturated rings. The van der Waals surface area contributed by atoms with E-state index in [9.17, 15) is 4.79 Å². The smallest absolute Gasteiger partial charge is 0.263 e. The number of benzene rings is 1. The molecule has 0 bridgehead atoms. The van der Waals surface area contributed by atoms with E-state index >= 15 is 0 Å². The second-order valence-corrected chi connectivity index (χ2v) is 6.83. The number of amides is 1. The number of carbonyl (C=O) groups is 1. The fourth-order valence-electron chi connectivity index (χ4n) is 2.33. The molecule has 0 saturated carbocycles. The molecule has 4 nitrogen and oxygen atoms in total. The molecule has 2 aromatic heterocycles. The fraction of sp³-hybridized carbons (Fsp3) is 0.167. The maximum absolute atomic E-state index is 12.6. The first kappa shape index (κ1) is 16.6. The maximum Gasteiger partial charge on any atom is 0.263 e. The zero-order valence-corrected chi connectivity index (χ0v) is 14.9. The molecule has 1 atom stereocenters. The first-order valence-electron chi connectivity index (χ1n) is 7.50. The molecular formula is C18H16ClN3OS. The summed E-state index contributed by atoms with van der Waals surface area (Å²) in [4.78, 5) is 21.9. The summed E-state index contributed by atoms with van der Waals surface area (Å²) in [5, 5.41) is 4.39. The van der Waals surface area contributed by atoms with Gasteiger partial charge in [0, 0.05) is 11.2 Å². The summed E-state index contributed by atoms with van der Waals surface area (Å²) in [5.74, 6) is -0.139. The Hall–Kier alpha value is -2.24. The third-order valence-corrected chi connectivity index (χ3v) is 5.00. The fourth-order valence-corrected chi connectivity index (χ4v) is 3.47. The summed E-state index contributed by atoms with van der Waals surface area (Å²) in [6.07, 6.45) is 1.72. The van der Waals surface area contributed by atoms with Gasteiger partial charge in [0.1, 0.15) is 9.88 Å². The van der Waals surface area contributed by atoms with Crippen molar-refractivity contribution in [1.29, 1.82) is 0 Å². The number of rotatable bonds is 4. The van der Waals surface area contributed by atoms with Crippen LogP contribution in [0.2, 0.25) is 5.02 Å². The van der Waals surface area contributed by atoms with E-state index in [1.165, 1.54) is 11.3 Å². The highest BCUT2D eigenvalue weighted by Crippen LogP contribution is 2.27. The van der Waals surface area contributed by atoms with E-state index in [-0.39, 0.29) is 11.9 Å². The Labute approximate surface area is 149 Å². The zero-order chi connectivity index (χ0) is 17.1. The minimum atomic E-state index is -0.143. The van der Waals surface area contributed by atoms with Gasteiger partial charge < -0.3 is 5.32 Å². The SMILES string of the molecule is Cc1nc(-c2ccccn2)sc1C(=O)N[C@@H](C)c1cccc(Cl)c1. The van der Waals surface area contributed by atoms with E-state index in [1.54, 1.807) is 6.20 Å². The van der Waals surface area contributed by atoms with Gasteiger partial charge in [0.2, 0.25) is 0 Å². The second kappa shape index (κ2) is 7.11. The molecule has 1 N–H and O–H groups in total. The number of halogens is 1. The van der Waals surface area contributed by atoms with Gasteiger partial charge in [0.25, 0.3) is 5.91 Å². The Kier molecular flexibility index (Phi) is 4.92. The van der Waals surface area contributed by atoms with Crippen molar-refractivity contribution in [3.63, 3.8) is 0 Å². The average molecular weight is 358 g/mol. The van der Waals surface area contributed by atoms with E-state index in [0.29, 0.717) is 15.6 Å². The number of pyridine rings is 1. The van der Waals surface area contributed by atoms with Gasteiger partial charge >= 0.3 is 0 Å². The molecule has 0 spiro atoms. The number of aromatic nitrogens is 2. The third kappa shape index (κ3) is 3.63. The van der Waals surface area contributed by atoms with Gasteiger partial charge in [-0.15, -0.1) is 11.3 Å². The van der Waals surface area contributed by atoms with Crippen LogP contribution < -0.4 is 5.32 Å². The molecule has 0 radical (unpaired) electrons. The number of hydrogen-bond donors (Lipinski definition) is 1. The second-order valence-electron chi connectivity index (χ2n) is 5.40. The molecule has 0 unspecified atom stereocenters. The summed E-state index contributed by atoms with van der Waals surface area (Å²) >= 11 is 7.36. The van der Waals surface area contributed by atoms with Crippen molar-refractivity contribution in [2.24, 2.45) is 0 Å². The van der Waals surface area contributed by atoms with Crippen molar-refractivity contribution >= 4 is 28.8 Å². The maximum atomic E-state index is 12.6. The van der Waals surface area contributed by atoms with Crippen LogP contribution in [0.4, 0.5) is 0 Å². The number of carbonyl (C=O) groups excluding carboxylic acids is 1. The largest absolute Gasteiger partial charge is 0.345 e. The van der Waals surface area contributed by atoms with Crippen LogP contribution in [-0.2, 0) is 0 Å². The van der Waals surface area contributed by atoms with Gasteiger partial charge in [0.05, 0.1) is 17.4 Å². The molecule has 2 heterocycles. The Bertz CT molecular complexity index is 864. The molecule has 0 aliphatic rings. The highest BCUT2D eigenvalue weighted by atomic mass is 35.5. The van der Waals surface area contributed by atoms with E-state index in [2.05, 4.69) is 15.3 Å². The number of thiazole rings is 1. The van der Waals surface area contributed by atoms with Gasteiger partial charge in [-0.3, -0.25) is 9.78 Å². The minimum absolute atomic E-state index is 0.139. The molecule has 0 aliphatic carbocycles. The topological polar surface area (TPSA) is 54.9 Å². The van der Waals surface area contributed by atoms with Crippen LogP contribution in [0, 0.1) is 6.92 Å². The molecule has 3 rings (SSSR count). The number of hydrogen-bond acceptors (Lipinski definition) is 4. The quantitative estimate of drug-likeness (QED) is 0.738. The first-order chi connectivity index (χ1) is 11.5. The van der Waals surface area contributed by atoms with E-state index < -0.39 is 0 Å². The van der Waals surface area contributed by atoms with Crippen LogP contribution in [0.1, 0.15) is 33.9 Å². The number of nitrogens with one attached hydrogen (secondary N) is 1. The predicted octanol–water partition coefficient (Wildman–Crippen LogP) is 4.66. The standard InChI is InChI=1S/C18H16ClN3OS/c1-11(13-6-5-7-14(19)10-13)21-17(23)16-12(2)22-18(24-16)15-8-3-4-9-20-15/h3-11H,1-2H3,(H,21,23)/t11-/m0/s1. The molecule has 3 aromatic rings. The zero-order valence-electron chi connectivity index (χ0n) is 13.3. The molecule has 24 heavy (non-hydrogen) atoms. The van der Waals surface area contributed by atoms with Gasteiger partial charge in [0.15, 0.2) is 0 Å². The highest BCUT2D eigenvalue weighted by Gasteiger charge is 2.19. The Morgan fingerprint density at radius 1 is 1.25 bits per heavy atom. The van der Waals surface area contributed by atoms with Crippen LogP contribution >= 0.6 is 22.9 Å². The van der Waals surface area contributed by atoms with Crippen LogP contribution in [0.5, 0.6) is 0 Å². The summed E-state index contributed by atoms with van der Waals surface area (Å²) in [5.41, 5.74) is 2.44. The lowest BCUT2D eigenvalue weighted by molar-refractivity contribution is 0.0943. The van der Waals surface area contributed by atoms with Crippen LogP contribution in [-0.4, -0.2) is 15.9 Å². The molecule has 122 valence electrons. The Balaban J connectivity index is 1.79. The molecule has 0 saturated heterocycles. The van der Waals surface area contributed by atoms with Crippen molar-refractivity contribution in [2.45, 2.75) is 19.9 Å². The van der Waals surface area contributed by atoms with Gasteiger partial charge in [-0.2, -0.15) is 0 Å². The van der Waals surface area contributed by atoms with Gasteiger partial charge in [-0.1, -0.05) is 29.8 Å². The summed E-state index contributed by atoms with van der Waals surface area (Å²) in [6, 6.07) is 13.0. The lowest BCUT2D eigenvalue weighted by Gasteiger charge is -2.14. The van der Waals surface area contributed by atoms with Crippen molar-refractivity contribution in [1.82, 2.24) is 15.3 Å². The van der Waals surface area contributed by atoms with Crippen molar-refractivity contribution < 1.29 is 4.79 Å². The lowest BCUT2D eigenvalue weighted by Crippen LogP contribution is -2.26. The Morgan fingerprint density at radius 3 is 2.79 bits per heavy atom. The minimum Gasteiger partial charge on any atom is -0.345 e. The number of aryl methyl sites for hydroxylation is 1. The molecule has 0 aliphatic heterocycles. The third-order valence-electron chi connectivity index (χ3n) is 3.58. The highest BCUT2D eigenvalue weighted by molar-refractivity contribution is 7.17. The molecule has 1 amide bonds. The summed E-state index contributed by atoms with van der Waals surface area (Å²) < 4.78 is 0. The summed E-state index contributed by atoms with van der Waals surface area (Å²) in [7, 11) is 0. The lowest BCUT2D eigenvalue weighted by atomic mass is 10.1. The molecular weight excluding hydrogens is 342 g/mol. The van der Waals surface area contributed by atoms with E-state index in [4.69, 9.17) is 11.6 Å². The predicted molar refractivity (Wildman–Crippen MR) is 97.4 cm³/mol. The summed E-state index contributed by atoms with van der Waals surface area (Å²) in [6.45, 7) is 3.77. The van der Waals surface area contributed by atoms with E-state index in [0.717, 1.165) is 16.3 Å². The van der Waals surface area contributed by atoms with Crippen molar-refractivity contribution in [3.8, 4) is 10.7 Å². The first-order valence-corrected chi connectivity index (χ1v) is 8.69. The number of nitrogens with zero attached hydrogens (tertiary/aromatic N) is 2. The van der Waals surface area contributed by atoms with Crippen LogP contribution in [0.15, 0.2) is 48.7 Å². The van der Waals surface area contributed by atoms with Crippen molar-refractivity contribution in [2.75, 3.05) is 0 Å². The van der Waals surface area contributed by atoms with Crippen LogP contribution in [0.3, 0.4) is 0 Å². The van der Waals surface area contributed by atoms with Gasteiger partial charge in [-0.05, 0) is 43.7 Å². The van der Waals surface area contributed by atoms with E-state index in [1.807, 2.05) is 56.3 Å². The Morgan fingerprint density at radius 2 is 2.08 bits per heavy atom. The van der Waals surface area contributed by atoms with Gasteiger partial charge in [-0.25, -0.2) is 4.98 Å². The normalized spacial score (nSPS) is 12.0.